The third kappa shape index (κ3) is 4.87. The molecule has 0 bridgehead atoms. The number of imide groups is 2. The Morgan fingerprint density at radius 1 is 1.09 bits per heavy atom. The molecule has 0 spiro atoms. The monoisotopic (exact) mass is 469 g/mol. The molecule has 6 amide bonds. The van der Waals surface area contributed by atoms with Crippen LogP contribution in [0.5, 0.6) is 0 Å². The van der Waals surface area contributed by atoms with Crippen LogP contribution in [0.1, 0.15) is 46.4 Å². The Hall–Kier alpha value is -3.73. The van der Waals surface area contributed by atoms with E-state index in [0.717, 1.165) is 17.0 Å². The fourth-order valence-corrected chi connectivity index (χ4v) is 4.44. The number of carbonyl (C=O) groups excluding carboxylic acids is 5. The normalized spacial score (nSPS) is 17.6. The number of hydrogen-bond donors (Lipinski definition) is 4. The zero-order chi connectivity index (χ0) is 23.4. The highest BCUT2D eigenvalue weighted by Gasteiger charge is 2.45. The molecule has 1 fully saturated rings. The van der Waals surface area contributed by atoms with Gasteiger partial charge in [0.25, 0.3) is 11.8 Å². The van der Waals surface area contributed by atoms with E-state index in [1.54, 1.807) is 18.2 Å². The second kappa shape index (κ2) is 9.82. The van der Waals surface area contributed by atoms with Gasteiger partial charge in [0.1, 0.15) is 6.04 Å². The van der Waals surface area contributed by atoms with Gasteiger partial charge in [-0.2, -0.15) is 11.3 Å². The number of benzene rings is 1. The number of thiophene rings is 1. The van der Waals surface area contributed by atoms with Crippen LogP contribution in [0.4, 0.5) is 16.2 Å². The zero-order valence-corrected chi connectivity index (χ0v) is 18.5. The predicted octanol–water partition coefficient (Wildman–Crippen LogP) is 2.16. The zero-order valence-electron chi connectivity index (χ0n) is 17.7. The highest BCUT2D eigenvalue weighted by molar-refractivity contribution is 7.08. The number of amides is 6. The van der Waals surface area contributed by atoms with E-state index in [1.807, 2.05) is 16.8 Å². The number of nitrogens with one attached hydrogen (secondary N) is 4. The quantitative estimate of drug-likeness (QED) is 0.345. The summed E-state index contributed by atoms with van der Waals surface area (Å²) < 4.78 is 0. The maximum absolute atomic E-state index is 13.0. The third-order valence-electron chi connectivity index (χ3n) is 5.45. The van der Waals surface area contributed by atoms with Crippen molar-refractivity contribution in [2.24, 2.45) is 0 Å². The van der Waals surface area contributed by atoms with E-state index in [0.29, 0.717) is 25.2 Å². The number of unbranched alkanes of at least 4 members (excludes halogenated alkanes) is 1. The van der Waals surface area contributed by atoms with Crippen molar-refractivity contribution in [3.05, 3.63) is 46.2 Å². The van der Waals surface area contributed by atoms with Gasteiger partial charge in [-0.05, 0) is 42.8 Å². The maximum atomic E-state index is 13.0. The molecule has 172 valence electrons. The third-order valence-corrected chi connectivity index (χ3v) is 6.13. The summed E-state index contributed by atoms with van der Waals surface area (Å²) in [4.78, 5) is 62.3. The van der Waals surface area contributed by atoms with Crippen LogP contribution in [-0.2, 0) is 9.59 Å². The lowest BCUT2D eigenvalue weighted by Gasteiger charge is -2.27. The molecular weight excluding hydrogens is 446 g/mol. The minimum atomic E-state index is -0.991. The Labute approximate surface area is 193 Å². The van der Waals surface area contributed by atoms with Crippen LogP contribution in [0.3, 0.4) is 0 Å². The standard InChI is InChI=1S/C22H23N5O5S/c28-17-7-6-16(19(29)26-17)27-20(30)14-4-3-5-15(18(14)21(27)31)23-9-1-2-10-24-22(32)25-13-8-11-33-12-13/h3-5,8,11-12,16,23H,1-2,6-7,9-10H2,(H2,24,25,32)(H,26,28,29). The first kappa shape index (κ1) is 22.5. The Morgan fingerprint density at radius 2 is 1.91 bits per heavy atom. The first-order valence-corrected chi connectivity index (χ1v) is 11.6. The Balaban J connectivity index is 1.29. The summed E-state index contributed by atoms with van der Waals surface area (Å²) in [5, 5.41) is 14.6. The molecule has 1 aromatic carbocycles. The van der Waals surface area contributed by atoms with Gasteiger partial charge in [0.05, 0.1) is 16.8 Å². The van der Waals surface area contributed by atoms with E-state index in [2.05, 4.69) is 21.3 Å². The van der Waals surface area contributed by atoms with Gasteiger partial charge in [-0.1, -0.05) is 6.07 Å². The second-order valence-electron chi connectivity index (χ2n) is 7.70. The number of rotatable bonds is 8. The molecule has 2 aliphatic heterocycles. The largest absolute Gasteiger partial charge is 0.384 e. The minimum absolute atomic E-state index is 0.0776. The lowest BCUT2D eigenvalue weighted by molar-refractivity contribution is -0.136. The van der Waals surface area contributed by atoms with Gasteiger partial charge in [-0.25, -0.2) is 4.79 Å². The van der Waals surface area contributed by atoms with E-state index in [-0.39, 0.29) is 30.0 Å². The molecule has 3 heterocycles. The van der Waals surface area contributed by atoms with Crippen molar-refractivity contribution in [3.63, 3.8) is 0 Å². The number of carbonyl (C=O) groups is 5. The summed E-state index contributed by atoms with van der Waals surface area (Å²) in [6.07, 6.45) is 1.63. The highest BCUT2D eigenvalue weighted by Crippen LogP contribution is 2.32. The topological polar surface area (TPSA) is 137 Å². The lowest BCUT2D eigenvalue weighted by atomic mass is 10.0. The minimum Gasteiger partial charge on any atom is -0.384 e. The fourth-order valence-electron chi connectivity index (χ4n) is 3.85. The average Bonchev–Trinajstić information content (AvgIpc) is 3.38. The van der Waals surface area contributed by atoms with Crippen LogP contribution in [0.2, 0.25) is 0 Å². The van der Waals surface area contributed by atoms with Crippen LogP contribution in [0, 0.1) is 0 Å². The van der Waals surface area contributed by atoms with Crippen molar-refractivity contribution < 1.29 is 24.0 Å². The summed E-state index contributed by atoms with van der Waals surface area (Å²) in [5.74, 6) is -2.12. The molecule has 1 atom stereocenters. The molecule has 4 N–H and O–H groups in total. The molecule has 10 nitrogen and oxygen atoms in total. The number of hydrogen-bond acceptors (Lipinski definition) is 7. The van der Waals surface area contributed by atoms with E-state index in [1.165, 1.54) is 11.3 Å². The van der Waals surface area contributed by atoms with Crippen molar-refractivity contribution in [2.45, 2.75) is 31.7 Å². The van der Waals surface area contributed by atoms with Crippen LogP contribution >= 0.6 is 11.3 Å². The van der Waals surface area contributed by atoms with Crippen molar-refractivity contribution in [3.8, 4) is 0 Å². The lowest BCUT2D eigenvalue weighted by Crippen LogP contribution is -2.54. The average molecular weight is 470 g/mol. The molecule has 1 aromatic heterocycles. The molecule has 2 aliphatic rings. The van der Waals surface area contributed by atoms with E-state index in [4.69, 9.17) is 0 Å². The molecule has 4 rings (SSSR count). The van der Waals surface area contributed by atoms with Crippen molar-refractivity contribution in [2.75, 3.05) is 23.7 Å². The Bertz CT molecular complexity index is 1100. The number of piperidine rings is 1. The van der Waals surface area contributed by atoms with Gasteiger partial charge in [0.2, 0.25) is 11.8 Å². The molecule has 0 saturated carbocycles. The predicted molar refractivity (Wildman–Crippen MR) is 122 cm³/mol. The van der Waals surface area contributed by atoms with Crippen molar-refractivity contribution >= 4 is 52.4 Å². The molecule has 1 saturated heterocycles. The highest BCUT2D eigenvalue weighted by atomic mass is 32.1. The number of urea groups is 1. The molecule has 11 heteroatoms. The van der Waals surface area contributed by atoms with E-state index >= 15 is 0 Å². The Morgan fingerprint density at radius 3 is 2.67 bits per heavy atom. The molecule has 0 radical (unpaired) electrons. The van der Waals surface area contributed by atoms with Crippen molar-refractivity contribution in [1.29, 1.82) is 0 Å². The molecule has 1 unspecified atom stereocenters. The first-order valence-electron chi connectivity index (χ1n) is 10.6. The van der Waals surface area contributed by atoms with Gasteiger partial charge in [0, 0.05) is 30.6 Å². The van der Waals surface area contributed by atoms with Gasteiger partial charge >= 0.3 is 6.03 Å². The fraction of sp³-hybridized carbons (Fsp3) is 0.318. The maximum Gasteiger partial charge on any atom is 0.319 e. The van der Waals surface area contributed by atoms with Gasteiger partial charge in [-0.15, -0.1) is 0 Å². The van der Waals surface area contributed by atoms with E-state index < -0.39 is 29.7 Å². The molecule has 0 aliphatic carbocycles. The molecule has 33 heavy (non-hydrogen) atoms. The number of nitrogens with zero attached hydrogens (tertiary/aromatic N) is 1. The summed E-state index contributed by atoms with van der Waals surface area (Å²) in [7, 11) is 0. The van der Waals surface area contributed by atoms with Crippen LogP contribution in [-0.4, -0.2) is 53.7 Å². The summed E-state index contributed by atoms with van der Waals surface area (Å²) in [5.41, 5.74) is 1.74. The van der Waals surface area contributed by atoms with Gasteiger partial charge in [0.15, 0.2) is 0 Å². The molecule has 2 aromatic rings. The van der Waals surface area contributed by atoms with Gasteiger partial charge in [-0.3, -0.25) is 29.4 Å². The van der Waals surface area contributed by atoms with Crippen LogP contribution < -0.4 is 21.3 Å². The number of anilines is 2. The molecular formula is C22H23N5O5S. The summed E-state index contributed by atoms with van der Waals surface area (Å²) in [6, 6.07) is 5.51. The van der Waals surface area contributed by atoms with Crippen LogP contribution in [0.25, 0.3) is 0 Å². The SMILES string of the molecule is O=C1CCC(N2C(=O)c3cccc(NCCCCNC(=O)Nc4ccsc4)c3C2=O)C(=O)N1. The van der Waals surface area contributed by atoms with E-state index in [9.17, 15) is 24.0 Å². The first-order chi connectivity index (χ1) is 16.0. The number of fused-ring (bicyclic) bond motifs is 1. The summed E-state index contributed by atoms with van der Waals surface area (Å²) >= 11 is 1.50. The smallest absolute Gasteiger partial charge is 0.319 e. The van der Waals surface area contributed by atoms with Crippen LogP contribution in [0.15, 0.2) is 35.0 Å². The Kier molecular flexibility index (Phi) is 6.68. The second-order valence-corrected chi connectivity index (χ2v) is 8.48. The summed E-state index contributed by atoms with van der Waals surface area (Å²) in [6.45, 7) is 1.02. The van der Waals surface area contributed by atoms with Crippen molar-refractivity contribution in [1.82, 2.24) is 15.5 Å². The van der Waals surface area contributed by atoms with Gasteiger partial charge < -0.3 is 16.0 Å².